The third-order valence-electron chi connectivity index (χ3n) is 2.72. The van der Waals surface area contributed by atoms with Gasteiger partial charge in [0.05, 0.1) is 6.04 Å². The Labute approximate surface area is 93.9 Å². The summed E-state index contributed by atoms with van der Waals surface area (Å²) in [4.78, 5) is 4.59. The van der Waals surface area contributed by atoms with Crippen molar-refractivity contribution in [2.75, 3.05) is 38.1 Å². The Bertz CT molecular complexity index is 326. The number of aryl methyl sites for hydroxylation is 1. The van der Waals surface area contributed by atoms with E-state index in [4.69, 9.17) is 5.73 Å². The predicted octanol–water partition coefficient (Wildman–Crippen LogP) is -0.0744. The van der Waals surface area contributed by atoms with E-state index in [0.29, 0.717) is 12.6 Å². The number of nitrogens with two attached hydrogens (primary N) is 1. The predicted molar refractivity (Wildman–Crippen MR) is 62.3 cm³/mol. The van der Waals surface area contributed by atoms with Crippen molar-refractivity contribution in [2.24, 2.45) is 5.73 Å². The molecule has 0 bridgehead atoms. The molecule has 1 saturated heterocycles. The average Bonchev–Trinajstić information content (AvgIpc) is 2.64. The van der Waals surface area contributed by atoms with Crippen LogP contribution in [0.4, 0.5) is 5.13 Å². The standard InChI is InChI=1S/C9H17N5S/c1-7-11-12-9(15-7)14-4-3-13(2)6-8(14)5-10/h8H,3-6,10H2,1-2H3. The van der Waals surface area contributed by atoms with Gasteiger partial charge in [0.15, 0.2) is 0 Å². The number of hydrogen-bond acceptors (Lipinski definition) is 6. The van der Waals surface area contributed by atoms with Crippen LogP contribution in [0.25, 0.3) is 0 Å². The minimum Gasteiger partial charge on any atom is -0.340 e. The van der Waals surface area contributed by atoms with Gasteiger partial charge in [0, 0.05) is 26.2 Å². The lowest BCUT2D eigenvalue weighted by Crippen LogP contribution is -2.55. The molecule has 1 aromatic heterocycles. The van der Waals surface area contributed by atoms with E-state index in [1.807, 2.05) is 6.92 Å². The molecule has 2 N–H and O–H groups in total. The zero-order valence-corrected chi connectivity index (χ0v) is 10.00. The summed E-state index contributed by atoms with van der Waals surface area (Å²) in [7, 11) is 2.13. The molecule has 0 saturated carbocycles. The molecule has 0 spiro atoms. The molecule has 84 valence electrons. The second-order valence-corrected chi connectivity index (χ2v) is 5.11. The molecular formula is C9H17N5S. The van der Waals surface area contributed by atoms with Crippen LogP contribution >= 0.6 is 11.3 Å². The van der Waals surface area contributed by atoms with Crippen LogP contribution in [0.2, 0.25) is 0 Å². The Morgan fingerprint density at radius 2 is 2.27 bits per heavy atom. The van der Waals surface area contributed by atoms with Gasteiger partial charge in [-0.3, -0.25) is 0 Å². The SMILES string of the molecule is Cc1nnc(N2CCN(C)CC2CN)s1. The number of likely N-dealkylation sites (N-methyl/N-ethyl adjacent to an activating group) is 1. The van der Waals surface area contributed by atoms with Crippen molar-refractivity contribution in [3.63, 3.8) is 0 Å². The number of piperazine rings is 1. The minimum atomic E-state index is 0.371. The van der Waals surface area contributed by atoms with Gasteiger partial charge < -0.3 is 15.5 Å². The van der Waals surface area contributed by atoms with Crippen molar-refractivity contribution in [3.05, 3.63) is 5.01 Å². The Balaban J connectivity index is 2.13. The van der Waals surface area contributed by atoms with Crippen molar-refractivity contribution in [3.8, 4) is 0 Å². The number of hydrogen-bond donors (Lipinski definition) is 1. The van der Waals surface area contributed by atoms with Gasteiger partial charge in [-0.2, -0.15) is 0 Å². The highest BCUT2D eigenvalue weighted by molar-refractivity contribution is 7.15. The molecule has 1 fully saturated rings. The zero-order valence-electron chi connectivity index (χ0n) is 9.18. The maximum atomic E-state index is 5.79. The van der Waals surface area contributed by atoms with Crippen LogP contribution in [-0.2, 0) is 0 Å². The number of rotatable bonds is 2. The summed E-state index contributed by atoms with van der Waals surface area (Å²) in [6.07, 6.45) is 0. The fourth-order valence-corrected chi connectivity index (χ4v) is 2.65. The quantitative estimate of drug-likeness (QED) is 0.766. The summed E-state index contributed by atoms with van der Waals surface area (Å²) in [6.45, 7) is 5.72. The van der Waals surface area contributed by atoms with Crippen LogP contribution in [-0.4, -0.2) is 54.4 Å². The molecule has 1 aromatic rings. The highest BCUT2D eigenvalue weighted by atomic mass is 32.1. The molecule has 2 heterocycles. The largest absolute Gasteiger partial charge is 0.340 e. The second kappa shape index (κ2) is 4.42. The van der Waals surface area contributed by atoms with Crippen LogP contribution in [0, 0.1) is 6.92 Å². The van der Waals surface area contributed by atoms with Crippen molar-refractivity contribution in [1.82, 2.24) is 15.1 Å². The first-order chi connectivity index (χ1) is 7.20. The van der Waals surface area contributed by atoms with Gasteiger partial charge in [-0.25, -0.2) is 0 Å². The lowest BCUT2D eigenvalue weighted by molar-refractivity contribution is 0.269. The van der Waals surface area contributed by atoms with E-state index < -0.39 is 0 Å². The van der Waals surface area contributed by atoms with E-state index in [1.54, 1.807) is 11.3 Å². The highest BCUT2D eigenvalue weighted by Crippen LogP contribution is 2.23. The number of nitrogens with zero attached hydrogens (tertiary/aromatic N) is 4. The first kappa shape index (κ1) is 10.8. The second-order valence-electron chi connectivity index (χ2n) is 3.95. The summed E-state index contributed by atoms with van der Waals surface area (Å²) < 4.78 is 0. The Morgan fingerprint density at radius 3 is 2.87 bits per heavy atom. The third-order valence-corrected chi connectivity index (χ3v) is 3.59. The smallest absolute Gasteiger partial charge is 0.208 e. The van der Waals surface area contributed by atoms with Crippen LogP contribution < -0.4 is 10.6 Å². The molecule has 15 heavy (non-hydrogen) atoms. The van der Waals surface area contributed by atoms with E-state index in [9.17, 15) is 0 Å². The van der Waals surface area contributed by atoms with E-state index in [0.717, 1.165) is 29.8 Å². The van der Waals surface area contributed by atoms with E-state index >= 15 is 0 Å². The summed E-state index contributed by atoms with van der Waals surface area (Å²) in [6, 6.07) is 0.371. The van der Waals surface area contributed by atoms with Crippen molar-refractivity contribution >= 4 is 16.5 Å². The van der Waals surface area contributed by atoms with Crippen LogP contribution in [0.3, 0.4) is 0 Å². The lowest BCUT2D eigenvalue weighted by atomic mass is 10.2. The first-order valence-corrected chi connectivity index (χ1v) is 5.97. The fraction of sp³-hybridized carbons (Fsp3) is 0.778. The molecule has 0 radical (unpaired) electrons. The maximum Gasteiger partial charge on any atom is 0.208 e. The lowest BCUT2D eigenvalue weighted by Gasteiger charge is -2.39. The highest BCUT2D eigenvalue weighted by Gasteiger charge is 2.26. The van der Waals surface area contributed by atoms with Crippen molar-refractivity contribution in [1.29, 1.82) is 0 Å². The van der Waals surface area contributed by atoms with Gasteiger partial charge in [0.2, 0.25) is 5.13 Å². The summed E-state index contributed by atoms with van der Waals surface area (Å²) in [5.74, 6) is 0. The Morgan fingerprint density at radius 1 is 1.47 bits per heavy atom. The molecule has 1 unspecified atom stereocenters. The van der Waals surface area contributed by atoms with E-state index in [2.05, 4.69) is 27.0 Å². The van der Waals surface area contributed by atoms with Crippen LogP contribution in [0.5, 0.6) is 0 Å². The van der Waals surface area contributed by atoms with Crippen molar-refractivity contribution < 1.29 is 0 Å². The van der Waals surface area contributed by atoms with Crippen LogP contribution in [0.1, 0.15) is 5.01 Å². The van der Waals surface area contributed by atoms with Gasteiger partial charge >= 0.3 is 0 Å². The molecular weight excluding hydrogens is 210 g/mol. The molecule has 6 heteroatoms. The number of aromatic nitrogens is 2. The van der Waals surface area contributed by atoms with E-state index in [1.165, 1.54) is 0 Å². The molecule has 1 atom stereocenters. The van der Waals surface area contributed by atoms with Gasteiger partial charge in [0.25, 0.3) is 0 Å². The molecule has 1 aliphatic heterocycles. The Hall–Kier alpha value is -0.720. The summed E-state index contributed by atoms with van der Waals surface area (Å²) in [5.41, 5.74) is 5.79. The third kappa shape index (κ3) is 2.27. The number of anilines is 1. The van der Waals surface area contributed by atoms with Gasteiger partial charge in [-0.05, 0) is 14.0 Å². The van der Waals surface area contributed by atoms with Crippen molar-refractivity contribution in [2.45, 2.75) is 13.0 Å². The maximum absolute atomic E-state index is 5.79. The zero-order chi connectivity index (χ0) is 10.8. The molecule has 0 aliphatic carbocycles. The molecule has 0 amide bonds. The Kier molecular flexibility index (Phi) is 3.18. The minimum absolute atomic E-state index is 0.371. The first-order valence-electron chi connectivity index (χ1n) is 5.16. The van der Waals surface area contributed by atoms with Gasteiger partial charge in [-0.15, -0.1) is 10.2 Å². The summed E-state index contributed by atoms with van der Waals surface area (Å²) in [5, 5.41) is 10.3. The molecule has 0 aromatic carbocycles. The topological polar surface area (TPSA) is 58.3 Å². The molecule has 2 rings (SSSR count). The van der Waals surface area contributed by atoms with Gasteiger partial charge in [0.1, 0.15) is 5.01 Å². The van der Waals surface area contributed by atoms with E-state index in [-0.39, 0.29) is 0 Å². The molecule has 5 nitrogen and oxygen atoms in total. The van der Waals surface area contributed by atoms with Crippen LogP contribution in [0.15, 0.2) is 0 Å². The normalized spacial score (nSPS) is 23.4. The molecule has 1 aliphatic rings. The average molecular weight is 227 g/mol. The van der Waals surface area contributed by atoms with Gasteiger partial charge in [-0.1, -0.05) is 11.3 Å². The monoisotopic (exact) mass is 227 g/mol. The fourth-order valence-electron chi connectivity index (χ4n) is 1.87. The summed E-state index contributed by atoms with van der Waals surface area (Å²) >= 11 is 1.64.